The molecule has 1 aliphatic heterocycles. The summed E-state index contributed by atoms with van der Waals surface area (Å²) in [5, 5.41) is 10.7. The van der Waals surface area contributed by atoms with E-state index >= 15 is 0 Å². The van der Waals surface area contributed by atoms with Crippen LogP contribution >= 0.6 is 0 Å². The number of aromatic nitrogens is 1. The van der Waals surface area contributed by atoms with Gasteiger partial charge in [-0.25, -0.2) is 4.79 Å². The molecule has 1 N–H and O–H groups in total. The van der Waals surface area contributed by atoms with Crippen molar-refractivity contribution in [1.82, 2.24) is 4.57 Å². The summed E-state index contributed by atoms with van der Waals surface area (Å²) in [7, 11) is 0. The van der Waals surface area contributed by atoms with Crippen LogP contribution in [0.25, 0.3) is 10.9 Å². The Hall–Kier alpha value is -2.79. The molecule has 4 rings (SSSR count). The van der Waals surface area contributed by atoms with Crippen LogP contribution in [0.4, 0.5) is 0 Å². The van der Waals surface area contributed by atoms with Crippen LogP contribution < -0.4 is 4.74 Å². The Kier molecular flexibility index (Phi) is 5.58. The molecule has 29 heavy (non-hydrogen) atoms. The van der Waals surface area contributed by atoms with E-state index < -0.39 is 5.97 Å². The van der Waals surface area contributed by atoms with Gasteiger partial charge >= 0.3 is 5.97 Å². The first-order valence-corrected chi connectivity index (χ1v) is 10.3. The minimum absolute atomic E-state index is 0.0725. The molecule has 1 unspecified atom stereocenters. The van der Waals surface area contributed by atoms with Crippen molar-refractivity contribution in [2.45, 2.75) is 51.9 Å². The van der Waals surface area contributed by atoms with Crippen LogP contribution in [0.1, 0.15) is 60.6 Å². The van der Waals surface area contributed by atoms with E-state index in [4.69, 9.17) is 9.47 Å². The van der Waals surface area contributed by atoms with Gasteiger partial charge in [0.05, 0.1) is 12.2 Å². The Labute approximate surface area is 170 Å². The second kappa shape index (κ2) is 8.29. The summed E-state index contributed by atoms with van der Waals surface area (Å²) in [5.74, 6) is -0.182. The second-order valence-electron chi connectivity index (χ2n) is 7.88. The molecule has 3 aromatic rings. The lowest BCUT2D eigenvalue weighted by Crippen LogP contribution is -2.24. The van der Waals surface area contributed by atoms with E-state index in [1.807, 2.05) is 50.2 Å². The van der Waals surface area contributed by atoms with Gasteiger partial charge in [0.15, 0.2) is 6.29 Å². The molecular weight excluding hydrogens is 366 g/mol. The van der Waals surface area contributed by atoms with Gasteiger partial charge in [-0.15, -0.1) is 0 Å². The molecule has 152 valence electrons. The molecule has 1 saturated heterocycles. The van der Waals surface area contributed by atoms with Gasteiger partial charge in [-0.1, -0.05) is 44.2 Å². The molecule has 1 atom stereocenters. The maximum atomic E-state index is 12.2. The van der Waals surface area contributed by atoms with E-state index in [-0.39, 0.29) is 12.2 Å². The average molecular weight is 393 g/mol. The van der Waals surface area contributed by atoms with Crippen molar-refractivity contribution in [2.75, 3.05) is 6.61 Å². The van der Waals surface area contributed by atoms with Crippen LogP contribution in [0.3, 0.4) is 0 Å². The van der Waals surface area contributed by atoms with E-state index in [0.29, 0.717) is 29.9 Å². The summed E-state index contributed by atoms with van der Waals surface area (Å²) in [6, 6.07) is 15.9. The lowest BCUT2D eigenvalue weighted by molar-refractivity contribution is -0.105. The highest BCUT2D eigenvalue weighted by Gasteiger charge is 2.25. The van der Waals surface area contributed by atoms with Crippen LogP contribution in [0, 0.1) is 0 Å². The molecule has 0 spiro atoms. The largest absolute Gasteiger partial charge is 0.478 e. The predicted octanol–water partition coefficient (Wildman–Crippen LogP) is 5.42. The SMILES string of the molecule is CC(C)c1c(C(=O)O)c2cc(OC3CCCCO3)ccc2n1Cc1ccccc1. The number of carboxylic acid groups (broad SMARTS) is 1. The number of nitrogens with zero attached hydrogens (tertiary/aromatic N) is 1. The first-order valence-electron chi connectivity index (χ1n) is 10.3. The molecule has 0 radical (unpaired) electrons. The van der Waals surface area contributed by atoms with E-state index in [1.54, 1.807) is 0 Å². The van der Waals surface area contributed by atoms with E-state index in [9.17, 15) is 9.90 Å². The zero-order valence-electron chi connectivity index (χ0n) is 16.9. The van der Waals surface area contributed by atoms with Crippen molar-refractivity contribution in [3.8, 4) is 5.75 Å². The monoisotopic (exact) mass is 393 g/mol. The molecule has 1 aromatic heterocycles. The molecule has 5 nitrogen and oxygen atoms in total. The van der Waals surface area contributed by atoms with E-state index in [0.717, 1.165) is 36.0 Å². The number of carbonyl (C=O) groups is 1. The molecule has 0 amide bonds. The van der Waals surface area contributed by atoms with Gasteiger partial charge in [0.1, 0.15) is 5.75 Å². The van der Waals surface area contributed by atoms with Crippen molar-refractivity contribution < 1.29 is 19.4 Å². The molecule has 0 bridgehead atoms. The zero-order valence-corrected chi connectivity index (χ0v) is 16.9. The fourth-order valence-corrected chi connectivity index (χ4v) is 4.14. The van der Waals surface area contributed by atoms with Crippen molar-refractivity contribution in [2.24, 2.45) is 0 Å². The standard InChI is InChI=1S/C24H27NO4/c1-16(2)23-22(24(26)27)19-14-18(29-21-10-6-7-13-28-21)11-12-20(19)25(23)15-17-8-4-3-5-9-17/h3-5,8-9,11-12,14,16,21H,6-7,10,13,15H2,1-2H3,(H,26,27). The summed E-state index contributed by atoms with van der Waals surface area (Å²) >= 11 is 0. The second-order valence-corrected chi connectivity index (χ2v) is 7.88. The van der Waals surface area contributed by atoms with Crippen LogP contribution in [-0.4, -0.2) is 28.5 Å². The minimum atomic E-state index is -0.906. The lowest BCUT2D eigenvalue weighted by atomic mass is 10.0. The summed E-state index contributed by atoms with van der Waals surface area (Å²) < 4.78 is 13.8. The van der Waals surface area contributed by atoms with Gasteiger partial charge in [0.25, 0.3) is 0 Å². The van der Waals surface area contributed by atoms with Gasteiger partial charge in [-0.05, 0) is 42.5 Å². The third kappa shape index (κ3) is 4.01. The fraction of sp³-hybridized carbons (Fsp3) is 0.375. The zero-order chi connectivity index (χ0) is 20.4. The Morgan fingerprint density at radius 1 is 1.21 bits per heavy atom. The van der Waals surface area contributed by atoms with Gasteiger partial charge in [-0.2, -0.15) is 0 Å². The van der Waals surface area contributed by atoms with Crippen molar-refractivity contribution in [1.29, 1.82) is 0 Å². The molecule has 1 fully saturated rings. The van der Waals surface area contributed by atoms with Gasteiger partial charge in [0, 0.05) is 29.6 Å². The molecule has 0 aliphatic carbocycles. The number of carboxylic acids is 1. The number of benzene rings is 2. The van der Waals surface area contributed by atoms with Crippen molar-refractivity contribution in [3.05, 3.63) is 65.4 Å². The number of fused-ring (bicyclic) bond motifs is 1. The molecule has 0 saturated carbocycles. The van der Waals surface area contributed by atoms with Crippen LogP contribution in [0.5, 0.6) is 5.75 Å². The fourth-order valence-electron chi connectivity index (χ4n) is 4.14. The summed E-state index contributed by atoms with van der Waals surface area (Å²) in [6.45, 7) is 5.41. The van der Waals surface area contributed by atoms with Gasteiger partial charge in [-0.3, -0.25) is 0 Å². The number of aromatic carboxylic acids is 1. The van der Waals surface area contributed by atoms with Crippen molar-refractivity contribution in [3.63, 3.8) is 0 Å². The molecule has 1 aliphatic rings. The average Bonchev–Trinajstić information content (AvgIpc) is 3.03. The van der Waals surface area contributed by atoms with Crippen LogP contribution in [-0.2, 0) is 11.3 Å². The van der Waals surface area contributed by atoms with Gasteiger partial charge < -0.3 is 19.1 Å². The maximum Gasteiger partial charge on any atom is 0.338 e. The Morgan fingerprint density at radius 3 is 2.66 bits per heavy atom. The Balaban J connectivity index is 1.80. The highest BCUT2D eigenvalue weighted by molar-refractivity contribution is 6.05. The third-order valence-electron chi connectivity index (χ3n) is 5.42. The van der Waals surface area contributed by atoms with Gasteiger partial charge in [0.2, 0.25) is 0 Å². The summed E-state index contributed by atoms with van der Waals surface area (Å²) in [4.78, 5) is 12.2. The number of ether oxygens (including phenoxy) is 2. The number of hydrogen-bond acceptors (Lipinski definition) is 3. The van der Waals surface area contributed by atoms with Crippen LogP contribution in [0.15, 0.2) is 48.5 Å². The highest BCUT2D eigenvalue weighted by atomic mass is 16.7. The first-order chi connectivity index (χ1) is 14.0. The quantitative estimate of drug-likeness (QED) is 0.608. The molecule has 2 aromatic carbocycles. The maximum absolute atomic E-state index is 12.2. The number of rotatable bonds is 6. The molecule has 2 heterocycles. The predicted molar refractivity (Wildman–Crippen MR) is 113 cm³/mol. The normalized spacial score (nSPS) is 17.0. The Bertz CT molecular complexity index is 1000. The topological polar surface area (TPSA) is 60.7 Å². The molecular formula is C24H27NO4. The number of hydrogen-bond donors (Lipinski definition) is 1. The first kappa shape index (κ1) is 19.5. The minimum Gasteiger partial charge on any atom is -0.478 e. The lowest BCUT2D eigenvalue weighted by Gasteiger charge is -2.23. The highest BCUT2D eigenvalue weighted by Crippen LogP contribution is 2.35. The summed E-state index contributed by atoms with van der Waals surface area (Å²) in [5.41, 5.74) is 3.24. The van der Waals surface area contributed by atoms with E-state index in [2.05, 4.69) is 16.7 Å². The third-order valence-corrected chi connectivity index (χ3v) is 5.42. The van der Waals surface area contributed by atoms with E-state index in [1.165, 1.54) is 0 Å². The van der Waals surface area contributed by atoms with Crippen molar-refractivity contribution >= 4 is 16.9 Å². The smallest absolute Gasteiger partial charge is 0.338 e. The molecule has 5 heteroatoms. The van der Waals surface area contributed by atoms with Crippen LogP contribution in [0.2, 0.25) is 0 Å². The summed E-state index contributed by atoms with van der Waals surface area (Å²) in [6.07, 6.45) is 2.74. The Morgan fingerprint density at radius 2 is 2.00 bits per heavy atom.